The van der Waals surface area contributed by atoms with Gasteiger partial charge in [-0.15, -0.1) is 6.42 Å². The number of carbonyl (C=O) groups excluding carboxylic acids is 1. The second kappa shape index (κ2) is 9.27. The molecule has 0 bridgehead atoms. The highest BCUT2D eigenvalue weighted by Gasteiger charge is 2.36. The predicted molar refractivity (Wildman–Crippen MR) is 115 cm³/mol. The SMILES string of the molecule is C#CCOc1ccc(C[C@H]2SC(=S)N(CCc3ccccc3)C2=O)cc1Cl. The number of thiocarbonyl (C=S) groups is 1. The van der Waals surface area contributed by atoms with Gasteiger partial charge in [-0.2, -0.15) is 0 Å². The fourth-order valence-electron chi connectivity index (χ4n) is 2.84. The zero-order chi connectivity index (χ0) is 19.2. The fourth-order valence-corrected chi connectivity index (χ4v) is 4.68. The summed E-state index contributed by atoms with van der Waals surface area (Å²) < 4.78 is 6.01. The molecule has 1 aliphatic rings. The van der Waals surface area contributed by atoms with Gasteiger partial charge >= 0.3 is 0 Å². The lowest BCUT2D eigenvalue weighted by Crippen LogP contribution is -2.33. The molecule has 2 aromatic carbocycles. The van der Waals surface area contributed by atoms with Crippen molar-refractivity contribution in [2.24, 2.45) is 0 Å². The molecule has 1 amide bonds. The molecule has 0 N–H and O–H groups in total. The lowest BCUT2D eigenvalue weighted by atomic mass is 10.1. The molecular formula is C21H18ClNO2S2. The van der Waals surface area contributed by atoms with Gasteiger partial charge in [0.05, 0.1) is 10.3 Å². The molecule has 3 rings (SSSR count). The van der Waals surface area contributed by atoms with E-state index in [1.165, 1.54) is 17.3 Å². The van der Waals surface area contributed by atoms with Gasteiger partial charge in [0.2, 0.25) is 5.91 Å². The average Bonchev–Trinajstić information content (AvgIpc) is 2.93. The van der Waals surface area contributed by atoms with E-state index in [1.807, 2.05) is 30.3 Å². The van der Waals surface area contributed by atoms with Crippen LogP contribution in [0.5, 0.6) is 5.75 Å². The van der Waals surface area contributed by atoms with E-state index in [0.29, 0.717) is 28.1 Å². The van der Waals surface area contributed by atoms with Crippen LogP contribution in [-0.4, -0.2) is 33.5 Å². The number of nitrogens with zero attached hydrogens (tertiary/aromatic N) is 1. The van der Waals surface area contributed by atoms with E-state index in [-0.39, 0.29) is 17.8 Å². The van der Waals surface area contributed by atoms with Crippen LogP contribution in [0.4, 0.5) is 0 Å². The third-order valence-electron chi connectivity index (χ3n) is 4.20. The topological polar surface area (TPSA) is 29.5 Å². The largest absolute Gasteiger partial charge is 0.479 e. The smallest absolute Gasteiger partial charge is 0.241 e. The minimum Gasteiger partial charge on any atom is -0.479 e. The van der Waals surface area contributed by atoms with Gasteiger partial charge in [-0.1, -0.05) is 77.9 Å². The summed E-state index contributed by atoms with van der Waals surface area (Å²) in [5.74, 6) is 3.01. The van der Waals surface area contributed by atoms with Crippen molar-refractivity contribution >= 4 is 45.8 Å². The summed E-state index contributed by atoms with van der Waals surface area (Å²) in [5.41, 5.74) is 2.16. The Morgan fingerprint density at radius 1 is 1.22 bits per heavy atom. The number of benzene rings is 2. The molecule has 0 aliphatic carbocycles. The molecule has 27 heavy (non-hydrogen) atoms. The summed E-state index contributed by atoms with van der Waals surface area (Å²) in [6.07, 6.45) is 6.55. The van der Waals surface area contributed by atoms with Crippen molar-refractivity contribution in [2.45, 2.75) is 18.1 Å². The van der Waals surface area contributed by atoms with E-state index in [2.05, 4.69) is 18.1 Å². The Morgan fingerprint density at radius 2 is 2.00 bits per heavy atom. The first-order chi connectivity index (χ1) is 13.1. The van der Waals surface area contributed by atoms with Crippen LogP contribution >= 0.6 is 35.6 Å². The van der Waals surface area contributed by atoms with Crippen molar-refractivity contribution in [3.63, 3.8) is 0 Å². The maximum Gasteiger partial charge on any atom is 0.241 e. The molecule has 6 heteroatoms. The quantitative estimate of drug-likeness (QED) is 0.496. The number of hydrogen-bond acceptors (Lipinski definition) is 4. The van der Waals surface area contributed by atoms with Crippen molar-refractivity contribution < 1.29 is 9.53 Å². The molecule has 0 unspecified atom stereocenters. The van der Waals surface area contributed by atoms with Crippen LogP contribution in [0.1, 0.15) is 11.1 Å². The molecule has 2 aromatic rings. The van der Waals surface area contributed by atoms with E-state index < -0.39 is 0 Å². The second-order valence-electron chi connectivity index (χ2n) is 6.06. The fraction of sp³-hybridized carbons (Fsp3) is 0.238. The van der Waals surface area contributed by atoms with Gasteiger partial charge in [0, 0.05) is 6.54 Å². The van der Waals surface area contributed by atoms with Gasteiger partial charge in [0.1, 0.15) is 16.7 Å². The standard InChI is InChI=1S/C21H18ClNO2S2/c1-2-12-25-18-9-8-16(13-17(18)22)14-19-20(24)23(21(26)27-19)11-10-15-6-4-3-5-7-15/h1,3-9,13,19H,10-12,14H2/t19-/m1/s1. The predicted octanol–water partition coefficient (Wildman–Crippen LogP) is 4.37. The van der Waals surface area contributed by atoms with Crippen molar-refractivity contribution in [3.05, 3.63) is 64.7 Å². The molecule has 3 nitrogen and oxygen atoms in total. The Kier molecular flexibility index (Phi) is 6.78. The highest BCUT2D eigenvalue weighted by atomic mass is 35.5. The van der Waals surface area contributed by atoms with Crippen molar-refractivity contribution in [1.82, 2.24) is 4.90 Å². The minimum absolute atomic E-state index is 0.0599. The molecule has 1 aliphatic heterocycles. The van der Waals surface area contributed by atoms with Crippen LogP contribution in [-0.2, 0) is 17.6 Å². The Hall–Kier alpha value is -2.00. The lowest BCUT2D eigenvalue weighted by Gasteiger charge is -2.15. The van der Waals surface area contributed by atoms with Crippen molar-refractivity contribution in [3.8, 4) is 18.1 Å². The first-order valence-electron chi connectivity index (χ1n) is 8.49. The van der Waals surface area contributed by atoms with Crippen molar-refractivity contribution in [1.29, 1.82) is 0 Å². The first kappa shape index (κ1) is 19.8. The number of halogens is 1. The number of terminal acetylenes is 1. The Balaban J connectivity index is 1.61. The zero-order valence-electron chi connectivity index (χ0n) is 14.6. The normalized spacial score (nSPS) is 16.4. The van der Waals surface area contributed by atoms with E-state index in [0.717, 1.165) is 12.0 Å². The highest BCUT2D eigenvalue weighted by Crippen LogP contribution is 2.32. The average molecular weight is 416 g/mol. The van der Waals surface area contributed by atoms with Crippen LogP contribution < -0.4 is 4.74 Å². The summed E-state index contributed by atoms with van der Waals surface area (Å²) in [6.45, 7) is 0.769. The lowest BCUT2D eigenvalue weighted by molar-refractivity contribution is -0.126. The number of carbonyl (C=O) groups is 1. The van der Waals surface area contributed by atoms with E-state index >= 15 is 0 Å². The van der Waals surface area contributed by atoms with Gasteiger partial charge in [-0.25, -0.2) is 0 Å². The summed E-state index contributed by atoms with van der Waals surface area (Å²) in [4.78, 5) is 14.5. The van der Waals surface area contributed by atoms with Crippen LogP contribution in [0, 0.1) is 12.3 Å². The molecule has 0 radical (unpaired) electrons. The van der Waals surface area contributed by atoms with Gasteiger partial charge in [0.25, 0.3) is 0 Å². The molecule has 1 fully saturated rings. The van der Waals surface area contributed by atoms with Gasteiger partial charge in [-0.05, 0) is 36.1 Å². The molecule has 138 valence electrons. The Labute approximate surface area is 174 Å². The molecule has 1 saturated heterocycles. The first-order valence-corrected chi connectivity index (χ1v) is 10.2. The van der Waals surface area contributed by atoms with Gasteiger partial charge in [0.15, 0.2) is 0 Å². The Morgan fingerprint density at radius 3 is 2.70 bits per heavy atom. The van der Waals surface area contributed by atoms with E-state index in [9.17, 15) is 4.79 Å². The van der Waals surface area contributed by atoms with Crippen LogP contribution in [0.25, 0.3) is 0 Å². The molecule has 0 saturated carbocycles. The number of rotatable bonds is 7. The zero-order valence-corrected chi connectivity index (χ0v) is 16.9. The summed E-state index contributed by atoms with van der Waals surface area (Å²) >= 11 is 13.1. The third-order valence-corrected chi connectivity index (χ3v) is 6.08. The van der Waals surface area contributed by atoms with Gasteiger partial charge in [-0.3, -0.25) is 9.69 Å². The van der Waals surface area contributed by atoms with Crippen LogP contribution in [0.3, 0.4) is 0 Å². The highest BCUT2D eigenvalue weighted by molar-refractivity contribution is 8.24. The summed E-state index contributed by atoms with van der Waals surface area (Å²) in [6, 6.07) is 15.6. The van der Waals surface area contributed by atoms with Gasteiger partial charge < -0.3 is 4.74 Å². The van der Waals surface area contributed by atoms with Crippen LogP contribution in [0.2, 0.25) is 5.02 Å². The monoisotopic (exact) mass is 415 g/mol. The summed E-state index contributed by atoms with van der Waals surface area (Å²) in [5, 5.41) is 0.267. The molecule has 0 spiro atoms. The number of ether oxygens (including phenoxy) is 1. The van der Waals surface area contributed by atoms with Crippen molar-refractivity contribution in [2.75, 3.05) is 13.2 Å². The number of thioether (sulfide) groups is 1. The van der Waals surface area contributed by atoms with E-state index in [1.54, 1.807) is 11.0 Å². The maximum absolute atomic E-state index is 12.8. The number of hydrogen-bond donors (Lipinski definition) is 0. The third kappa shape index (κ3) is 5.04. The molecule has 0 aromatic heterocycles. The molecule has 1 atom stereocenters. The second-order valence-corrected chi connectivity index (χ2v) is 8.30. The Bertz CT molecular complexity index is 879. The summed E-state index contributed by atoms with van der Waals surface area (Å²) in [7, 11) is 0. The minimum atomic E-state index is -0.221. The molecule has 1 heterocycles. The van der Waals surface area contributed by atoms with E-state index in [4.69, 9.17) is 35.0 Å². The maximum atomic E-state index is 12.8. The molecular weight excluding hydrogens is 398 g/mol. The number of amides is 1. The van der Waals surface area contributed by atoms with Crippen LogP contribution in [0.15, 0.2) is 48.5 Å².